The molecule has 31 heavy (non-hydrogen) atoms. The molecule has 164 valence electrons. The van der Waals surface area contributed by atoms with Crippen LogP contribution >= 0.6 is 11.6 Å². The first-order chi connectivity index (χ1) is 14.7. The summed E-state index contributed by atoms with van der Waals surface area (Å²) in [6.45, 7) is 8.57. The minimum atomic E-state index is -0.429. The third kappa shape index (κ3) is 3.59. The number of hydrogen-bond acceptors (Lipinski definition) is 5. The molecule has 1 aliphatic heterocycles. The van der Waals surface area contributed by atoms with Crippen LogP contribution in [0.1, 0.15) is 62.4 Å². The van der Waals surface area contributed by atoms with E-state index in [2.05, 4.69) is 13.8 Å². The Kier molecular flexibility index (Phi) is 5.50. The van der Waals surface area contributed by atoms with Crippen LogP contribution in [0.15, 0.2) is 35.5 Å². The fourth-order valence-electron chi connectivity index (χ4n) is 4.85. The fourth-order valence-corrected chi connectivity index (χ4v) is 5.09. The lowest BCUT2D eigenvalue weighted by atomic mass is 9.73. The second kappa shape index (κ2) is 7.86. The Bertz CT molecular complexity index is 1090. The molecule has 0 saturated heterocycles. The molecule has 1 aromatic carbocycles. The van der Waals surface area contributed by atoms with E-state index in [4.69, 9.17) is 27.1 Å². The molecule has 0 fully saturated rings. The number of nitrogens with zero attached hydrogens (tertiary/aromatic N) is 2. The lowest BCUT2D eigenvalue weighted by Gasteiger charge is -2.39. The van der Waals surface area contributed by atoms with E-state index in [1.807, 2.05) is 50.1 Å². The highest BCUT2D eigenvalue weighted by Gasteiger charge is 2.41. The summed E-state index contributed by atoms with van der Waals surface area (Å²) < 4.78 is 5.46. The number of ether oxygens (including phenoxy) is 1. The number of anilines is 2. The molecule has 2 aromatic rings. The number of allylic oxidation sites excluding steroid dienone is 1. The molecule has 0 bridgehead atoms. The fraction of sp³-hybridized carbons (Fsp3) is 0.440. The van der Waals surface area contributed by atoms with Gasteiger partial charge in [-0.3, -0.25) is 0 Å². The normalized spacial score (nSPS) is 19.7. The monoisotopic (exact) mass is 439 g/mol. The van der Waals surface area contributed by atoms with Gasteiger partial charge < -0.3 is 15.4 Å². The Morgan fingerprint density at radius 3 is 2.74 bits per heavy atom. The molecule has 2 heterocycles. The summed E-state index contributed by atoms with van der Waals surface area (Å²) in [7, 11) is 1.93. The molecule has 1 atom stereocenters. The van der Waals surface area contributed by atoms with Crippen molar-refractivity contribution in [1.82, 2.24) is 4.98 Å². The molecule has 4 rings (SSSR count). The quantitative estimate of drug-likeness (QED) is 0.661. The van der Waals surface area contributed by atoms with Crippen LogP contribution in [0, 0.1) is 5.41 Å². The highest BCUT2D eigenvalue weighted by atomic mass is 35.5. The number of rotatable bonds is 3. The SMILES string of the molecule is CCOC(=O)C1=C(C)N(C)c2nc3c(c(N)c2C1c1ccccc1Cl)CC(C)(C)CC3. The maximum absolute atomic E-state index is 13.2. The van der Waals surface area contributed by atoms with Gasteiger partial charge in [0.2, 0.25) is 0 Å². The molecule has 6 heteroatoms. The van der Waals surface area contributed by atoms with Gasteiger partial charge >= 0.3 is 5.97 Å². The standard InChI is InChI=1S/C25H30ClN3O2/c1-6-31-24(30)19-14(2)29(5)23-21(20(19)15-9-7-8-10-17(15)26)22(27)16-13-25(3,4)12-11-18(16)28-23/h7-10,20H,6,11-13H2,1-5H3,(H2,27,28). The molecule has 0 saturated carbocycles. The number of carbonyl (C=O) groups excluding carboxylic acids is 1. The number of esters is 1. The molecule has 0 radical (unpaired) electrons. The van der Waals surface area contributed by atoms with Crippen LogP contribution in [0.25, 0.3) is 0 Å². The van der Waals surface area contributed by atoms with Gasteiger partial charge in [-0.2, -0.15) is 0 Å². The first kappa shape index (κ1) is 21.7. The summed E-state index contributed by atoms with van der Waals surface area (Å²) in [5.74, 6) is 0.0214. The number of nitrogens with two attached hydrogens (primary N) is 1. The van der Waals surface area contributed by atoms with Crippen LogP contribution in [0.5, 0.6) is 0 Å². The van der Waals surface area contributed by atoms with Crippen molar-refractivity contribution in [2.45, 2.75) is 52.9 Å². The average molecular weight is 440 g/mol. The van der Waals surface area contributed by atoms with Gasteiger partial charge in [-0.1, -0.05) is 43.6 Å². The van der Waals surface area contributed by atoms with Crippen LogP contribution in [-0.4, -0.2) is 24.6 Å². The van der Waals surface area contributed by atoms with Crippen LogP contribution in [-0.2, 0) is 22.4 Å². The zero-order valence-corrected chi connectivity index (χ0v) is 19.6. The first-order valence-electron chi connectivity index (χ1n) is 10.8. The minimum absolute atomic E-state index is 0.160. The lowest BCUT2D eigenvalue weighted by Crippen LogP contribution is -2.34. The van der Waals surface area contributed by atoms with Crippen molar-refractivity contribution >= 4 is 29.1 Å². The van der Waals surface area contributed by atoms with E-state index in [-0.39, 0.29) is 11.4 Å². The number of hydrogen-bond donors (Lipinski definition) is 1. The van der Waals surface area contributed by atoms with Gasteiger partial charge in [0, 0.05) is 34.7 Å². The molecule has 2 aliphatic rings. The molecule has 0 amide bonds. The zero-order chi connectivity index (χ0) is 22.5. The number of benzene rings is 1. The van der Waals surface area contributed by atoms with Gasteiger partial charge in [0.05, 0.1) is 18.1 Å². The second-order valence-electron chi connectivity index (χ2n) is 9.26. The van der Waals surface area contributed by atoms with Crippen molar-refractivity contribution in [2.24, 2.45) is 5.41 Å². The van der Waals surface area contributed by atoms with Crippen LogP contribution in [0.4, 0.5) is 11.5 Å². The van der Waals surface area contributed by atoms with E-state index in [1.54, 1.807) is 0 Å². The first-order valence-corrected chi connectivity index (χ1v) is 11.2. The Labute approximate surface area is 189 Å². The van der Waals surface area contributed by atoms with Crippen LogP contribution < -0.4 is 10.6 Å². The largest absolute Gasteiger partial charge is 0.463 e. The van der Waals surface area contributed by atoms with E-state index >= 15 is 0 Å². The molecular formula is C25H30ClN3O2. The average Bonchev–Trinajstić information content (AvgIpc) is 2.71. The third-order valence-corrected chi connectivity index (χ3v) is 6.98. The molecule has 0 spiro atoms. The van der Waals surface area contributed by atoms with Crippen molar-refractivity contribution in [2.75, 3.05) is 24.3 Å². The van der Waals surface area contributed by atoms with E-state index in [0.29, 0.717) is 17.2 Å². The van der Waals surface area contributed by atoms with Gasteiger partial charge in [0.1, 0.15) is 5.82 Å². The zero-order valence-electron chi connectivity index (χ0n) is 18.9. The summed E-state index contributed by atoms with van der Waals surface area (Å²) >= 11 is 6.65. The molecule has 1 aromatic heterocycles. The summed E-state index contributed by atoms with van der Waals surface area (Å²) in [4.78, 5) is 20.2. The van der Waals surface area contributed by atoms with Crippen molar-refractivity contribution in [1.29, 1.82) is 0 Å². The van der Waals surface area contributed by atoms with E-state index in [1.165, 1.54) is 0 Å². The summed E-state index contributed by atoms with van der Waals surface area (Å²) in [5, 5.41) is 0.593. The van der Waals surface area contributed by atoms with Gasteiger partial charge in [0.25, 0.3) is 0 Å². The second-order valence-corrected chi connectivity index (χ2v) is 9.67. The number of aromatic nitrogens is 1. The topological polar surface area (TPSA) is 68.5 Å². The van der Waals surface area contributed by atoms with Crippen molar-refractivity contribution in [3.63, 3.8) is 0 Å². The minimum Gasteiger partial charge on any atom is -0.463 e. The number of halogens is 1. The Morgan fingerprint density at radius 1 is 1.35 bits per heavy atom. The van der Waals surface area contributed by atoms with E-state index in [9.17, 15) is 4.79 Å². The van der Waals surface area contributed by atoms with Crippen LogP contribution in [0.2, 0.25) is 5.02 Å². The summed E-state index contributed by atoms with van der Waals surface area (Å²) in [5.41, 5.74) is 13.0. The third-order valence-electron chi connectivity index (χ3n) is 6.64. The summed E-state index contributed by atoms with van der Waals surface area (Å²) in [6, 6.07) is 7.62. The number of carbonyl (C=O) groups is 1. The highest BCUT2D eigenvalue weighted by molar-refractivity contribution is 6.31. The predicted molar refractivity (Wildman–Crippen MR) is 125 cm³/mol. The smallest absolute Gasteiger partial charge is 0.336 e. The van der Waals surface area contributed by atoms with Crippen molar-refractivity contribution < 1.29 is 9.53 Å². The van der Waals surface area contributed by atoms with Crippen LogP contribution in [0.3, 0.4) is 0 Å². The number of aryl methyl sites for hydroxylation is 1. The number of fused-ring (bicyclic) bond motifs is 2. The predicted octanol–water partition coefficient (Wildman–Crippen LogP) is 5.25. The molecule has 2 N–H and O–H groups in total. The van der Waals surface area contributed by atoms with Crippen molar-refractivity contribution in [3.8, 4) is 0 Å². The highest BCUT2D eigenvalue weighted by Crippen LogP contribution is 2.50. The number of pyridine rings is 1. The molecule has 1 aliphatic carbocycles. The van der Waals surface area contributed by atoms with E-state index < -0.39 is 5.92 Å². The van der Waals surface area contributed by atoms with Gasteiger partial charge in [-0.05, 0) is 55.7 Å². The van der Waals surface area contributed by atoms with E-state index in [0.717, 1.165) is 58.8 Å². The Hall–Kier alpha value is -2.53. The summed E-state index contributed by atoms with van der Waals surface area (Å²) in [6.07, 6.45) is 2.84. The maximum Gasteiger partial charge on any atom is 0.336 e. The number of nitrogen functional groups attached to an aromatic ring is 1. The van der Waals surface area contributed by atoms with Gasteiger partial charge in [-0.15, -0.1) is 0 Å². The van der Waals surface area contributed by atoms with Gasteiger partial charge in [-0.25, -0.2) is 9.78 Å². The Morgan fingerprint density at radius 2 is 2.06 bits per heavy atom. The Balaban J connectivity index is 2.02. The lowest BCUT2D eigenvalue weighted by molar-refractivity contribution is -0.138. The molecule has 1 unspecified atom stereocenters. The van der Waals surface area contributed by atoms with Gasteiger partial charge in [0.15, 0.2) is 0 Å². The maximum atomic E-state index is 13.2. The molecule has 5 nitrogen and oxygen atoms in total. The molecular weight excluding hydrogens is 410 g/mol. The van der Waals surface area contributed by atoms with Crippen molar-refractivity contribution in [3.05, 3.63) is 62.9 Å².